The first kappa shape index (κ1) is 17.0. The predicted octanol–water partition coefficient (Wildman–Crippen LogP) is 3.41. The SMILES string of the molecule is COC(/C=C(/C(C)Br)N(C)c1ccccc1)=C(\C#N)C=O. The van der Waals surface area contributed by atoms with E-state index < -0.39 is 0 Å². The molecule has 1 aromatic carbocycles. The van der Waals surface area contributed by atoms with E-state index in [1.54, 1.807) is 6.08 Å². The topological polar surface area (TPSA) is 53.3 Å². The third kappa shape index (κ3) is 4.47. The summed E-state index contributed by atoms with van der Waals surface area (Å²) in [5.41, 5.74) is 1.83. The van der Waals surface area contributed by atoms with Crippen molar-refractivity contribution >= 4 is 27.9 Å². The fourth-order valence-corrected chi connectivity index (χ4v) is 2.24. The lowest BCUT2D eigenvalue weighted by Crippen LogP contribution is -2.22. The van der Waals surface area contributed by atoms with Crippen molar-refractivity contribution in [3.05, 3.63) is 53.4 Å². The minimum absolute atomic E-state index is 0.0134. The van der Waals surface area contributed by atoms with Crippen LogP contribution in [-0.2, 0) is 9.53 Å². The van der Waals surface area contributed by atoms with Crippen LogP contribution in [0.15, 0.2) is 53.4 Å². The van der Waals surface area contributed by atoms with Crippen LogP contribution in [-0.4, -0.2) is 25.3 Å². The van der Waals surface area contributed by atoms with Crippen molar-refractivity contribution in [3.63, 3.8) is 0 Å². The second kappa shape index (κ2) is 8.28. The lowest BCUT2D eigenvalue weighted by molar-refractivity contribution is -0.104. The molecule has 0 fully saturated rings. The molecule has 0 aliphatic rings. The zero-order valence-corrected chi connectivity index (χ0v) is 13.8. The Balaban J connectivity index is 3.30. The lowest BCUT2D eigenvalue weighted by atomic mass is 10.2. The van der Waals surface area contributed by atoms with Crippen LogP contribution < -0.4 is 4.90 Å². The van der Waals surface area contributed by atoms with Crippen LogP contribution in [0.4, 0.5) is 5.69 Å². The van der Waals surface area contributed by atoms with Crippen LogP contribution in [0.2, 0.25) is 0 Å². The van der Waals surface area contributed by atoms with Gasteiger partial charge in [-0.25, -0.2) is 0 Å². The maximum atomic E-state index is 10.9. The van der Waals surface area contributed by atoms with Crippen molar-refractivity contribution < 1.29 is 9.53 Å². The van der Waals surface area contributed by atoms with E-state index in [-0.39, 0.29) is 16.2 Å². The molecule has 1 aromatic rings. The maximum Gasteiger partial charge on any atom is 0.164 e. The second-order valence-electron chi connectivity index (χ2n) is 4.29. The van der Waals surface area contributed by atoms with Crippen molar-refractivity contribution in [2.75, 3.05) is 19.1 Å². The molecule has 0 radical (unpaired) electrons. The van der Waals surface area contributed by atoms with Crippen molar-refractivity contribution in [2.24, 2.45) is 0 Å². The van der Waals surface area contributed by atoms with E-state index in [4.69, 9.17) is 10.00 Å². The molecule has 0 aromatic heterocycles. The smallest absolute Gasteiger partial charge is 0.164 e. The highest BCUT2D eigenvalue weighted by molar-refractivity contribution is 9.09. The number of anilines is 1. The molecule has 0 amide bonds. The van der Waals surface area contributed by atoms with Crippen LogP contribution in [0.3, 0.4) is 0 Å². The van der Waals surface area contributed by atoms with E-state index in [0.717, 1.165) is 11.4 Å². The number of allylic oxidation sites excluding steroid dienone is 3. The molecule has 1 atom stereocenters. The number of nitrogens with zero attached hydrogens (tertiary/aromatic N) is 2. The maximum absolute atomic E-state index is 10.9. The van der Waals surface area contributed by atoms with E-state index in [9.17, 15) is 4.79 Å². The number of carbonyl (C=O) groups is 1. The average molecular weight is 349 g/mol. The normalized spacial score (nSPS) is 13.8. The molecule has 1 rings (SSSR count). The largest absolute Gasteiger partial charge is 0.495 e. The number of aldehydes is 1. The minimum Gasteiger partial charge on any atom is -0.495 e. The summed E-state index contributed by atoms with van der Waals surface area (Å²) in [6.07, 6.45) is 2.19. The van der Waals surface area contributed by atoms with Crippen LogP contribution in [0.25, 0.3) is 0 Å². The summed E-state index contributed by atoms with van der Waals surface area (Å²) in [5, 5.41) is 8.96. The highest BCUT2D eigenvalue weighted by atomic mass is 79.9. The van der Waals surface area contributed by atoms with Gasteiger partial charge in [0.05, 0.1) is 11.9 Å². The van der Waals surface area contributed by atoms with Gasteiger partial charge in [0.25, 0.3) is 0 Å². The molecule has 110 valence electrons. The Hall–Kier alpha value is -2.06. The van der Waals surface area contributed by atoms with Gasteiger partial charge in [-0.05, 0) is 19.1 Å². The van der Waals surface area contributed by atoms with Gasteiger partial charge in [-0.2, -0.15) is 5.26 Å². The summed E-state index contributed by atoms with van der Waals surface area (Å²) in [4.78, 5) is 12.9. The van der Waals surface area contributed by atoms with Crippen molar-refractivity contribution in [3.8, 4) is 6.07 Å². The molecule has 0 N–H and O–H groups in total. The number of ether oxygens (including phenoxy) is 1. The molecule has 0 aliphatic carbocycles. The Kier molecular flexibility index (Phi) is 6.70. The summed E-state index contributed by atoms with van der Waals surface area (Å²) in [6.45, 7) is 1.96. The molecular weight excluding hydrogens is 332 g/mol. The molecule has 5 heteroatoms. The quantitative estimate of drug-likeness (QED) is 0.197. The summed E-state index contributed by atoms with van der Waals surface area (Å²) in [6, 6.07) is 11.6. The first-order chi connectivity index (χ1) is 10.0. The van der Waals surface area contributed by atoms with E-state index in [2.05, 4.69) is 15.9 Å². The number of hydrogen-bond donors (Lipinski definition) is 0. The van der Waals surface area contributed by atoms with E-state index >= 15 is 0 Å². The van der Waals surface area contributed by atoms with Gasteiger partial charge in [-0.3, -0.25) is 4.79 Å². The van der Waals surface area contributed by atoms with Crippen molar-refractivity contribution in [1.29, 1.82) is 5.26 Å². The van der Waals surface area contributed by atoms with E-state index in [1.807, 2.05) is 55.3 Å². The minimum atomic E-state index is -0.0374. The van der Waals surface area contributed by atoms with Crippen molar-refractivity contribution in [1.82, 2.24) is 0 Å². The zero-order chi connectivity index (χ0) is 15.8. The molecular formula is C16H17BrN2O2. The molecule has 0 saturated heterocycles. The first-order valence-corrected chi connectivity index (χ1v) is 7.24. The number of methoxy groups -OCH3 is 1. The van der Waals surface area contributed by atoms with Gasteiger partial charge in [0.1, 0.15) is 17.4 Å². The number of benzene rings is 1. The standard InChI is InChI=1S/C16H17BrN2O2/c1-12(17)15(9-16(21-3)13(10-18)11-20)19(2)14-7-5-4-6-8-14/h4-9,11-12H,1-3H3/b15-9-,16-13+. The van der Waals surface area contributed by atoms with Crippen LogP contribution in [0.1, 0.15) is 6.92 Å². The summed E-state index contributed by atoms with van der Waals surface area (Å²) in [5.74, 6) is 0.247. The molecule has 21 heavy (non-hydrogen) atoms. The Labute approximate surface area is 133 Å². The fourth-order valence-electron chi connectivity index (χ4n) is 1.80. The first-order valence-electron chi connectivity index (χ1n) is 6.33. The Bertz CT molecular complexity index is 586. The Morgan fingerprint density at radius 1 is 1.43 bits per heavy atom. The molecule has 1 unspecified atom stereocenters. The Morgan fingerprint density at radius 3 is 2.48 bits per heavy atom. The van der Waals surface area contributed by atoms with Crippen molar-refractivity contribution in [2.45, 2.75) is 11.8 Å². The second-order valence-corrected chi connectivity index (χ2v) is 5.66. The zero-order valence-electron chi connectivity index (χ0n) is 12.2. The monoisotopic (exact) mass is 348 g/mol. The van der Waals surface area contributed by atoms with Gasteiger partial charge in [0, 0.05) is 24.5 Å². The van der Waals surface area contributed by atoms with Gasteiger partial charge in [0.2, 0.25) is 0 Å². The van der Waals surface area contributed by atoms with Crippen LogP contribution >= 0.6 is 15.9 Å². The third-order valence-electron chi connectivity index (χ3n) is 2.94. The molecule has 0 bridgehead atoms. The fraction of sp³-hybridized carbons (Fsp3) is 0.250. The van der Waals surface area contributed by atoms with Gasteiger partial charge >= 0.3 is 0 Å². The lowest BCUT2D eigenvalue weighted by Gasteiger charge is -2.25. The number of rotatable bonds is 6. The van der Waals surface area contributed by atoms with Gasteiger partial charge in [-0.1, -0.05) is 34.1 Å². The average Bonchev–Trinajstić information content (AvgIpc) is 2.51. The summed E-state index contributed by atoms with van der Waals surface area (Å²) >= 11 is 3.53. The number of carbonyl (C=O) groups excluding carboxylic acids is 1. The molecule has 0 aliphatic heterocycles. The molecule has 0 heterocycles. The summed E-state index contributed by atoms with van der Waals surface area (Å²) < 4.78 is 5.16. The predicted molar refractivity (Wildman–Crippen MR) is 87.0 cm³/mol. The Morgan fingerprint density at radius 2 is 2.05 bits per heavy atom. The van der Waals surface area contributed by atoms with Crippen LogP contribution in [0, 0.1) is 11.3 Å². The molecule has 0 spiro atoms. The van der Waals surface area contributed by atoms with E-state index in [0.29, 0.717) is 6.29 Å². The molecule has 4 nitrogen and oxygen atoms in total. The number of nitriles is 1. The number of para-hydroxylation sites is 1. The van der Waals surface area contributed by atoms with E-state index in [1.165, 1.54) is 7.11 Å². The number of alkyl halides is 1. The summed E-state index contributed by atoms with van der Waals surface area (Å²) in [7, 11) is 3.35. The molecule has 0 saturated carbocycles. The highest BCUT2D eigenvalue weighted by Crippen LogP contribution is 2.24. The number of hydrogen-bond acceptors (Lipinski definition) is 4. The van der Waals surface area contributed by atoms with Gasteiger partial charge < -0.3 is 9.64 Å². The third-order valence-corrected chi connectivity index (χ3v) is 3.41. The number of halogens is 1. The van der Waals surface area contributed by atoms with Gasteiger partial charge in [-0.15, -0.1) is 0 Å². The van der Waals surface area contributed by atoms with Gasteiger partial charge in [0.15, 0.2) is 6.29 Å². The highest BCUT2D eigenvalue weighted by Gasteiger charge is 2.15. The van der Waals surface area contributed by atoms with Crippen LogP contribution in [0.5, 0.6) is 0 Å².